The Balaban J connectivity index is 2.48. The van der Waals surface area contributed by atoms with Gasteiger partial charge in [0, 0.05) is 12.6 Å². The maximum atomic E-state index is 6.14. The molecule has 0 aromatic heterocycles. The molecule has 0 amide bonds. The van der Waals surface area contributed by atoms with Crippen LogP contribution in [0.2, 0.25) is 5.04 Å². The molecule has 1 heterocycles. The average Bonchev–Trinajstić information content (AvgIpc) is 2.14. The minimum Gasteiger partial charge on any atom is -0.416 e. The standard InChI is InChI=1S/C12H27NO2Si/c1-11(2,3)16-15-12(4,5)10-8-9(13)6-7-14-10/h9-10H,6-8,13,16H2,1-5H3/t9-,10+/m1/s1. The summed E-state index contributed by atoms with van der Waals surface area (Å²) in [6, 6.07) is 0.276. The van der Waals surface area contributed by atoms with Crippen LogP contribution in [-0.4, -0.2) is 34.1 Å². The quantitative estimate of drug-likeness (QED) is 0.768. The summed E-state index contributed by atoms with van der Waals surface area (Å²) in [5.74, 6) is 0. The van der Waals surface area contributed by atoms with Crippen LogP contribution in [0.25, 0.3) is 0 Å². The second-order valence-electron chi connectivity index (χ2n) is 6.60. The van der Waals surface area contributed by atoms with Gasteiger partial charge in [-0.25, -0.2) is 0 Å². The third-order valence-corrected chi connectivity index (χ3v) is 4.73. The van der Waals surface area contributed by atoms with Gasteiger partial charge < -0.3 is 14.9 Å². The summed E-state index contributed by atoms with van der Waals surface area (Å²) < 4.78 is 11.9. The summed E-state index contributed by atoms with van der Waals surface area (Å²) in [5.41, 5.74) is 5.80. The van der Waals surface area contributed by atoms with Crippen molar-refractivity contribution in [2.24, 2.45) is 5.73 Å². The van der Waals surface area contributed by atoms with Crippen LogP contribution in [0.1, 0.15) is 47.5 Å². The second kappa shape index (κ2) is 5.17. The summed E-state index contributed by atoms with van der Waals surface area (Å²) in [4.78, 5) is 0. The molecule has 16 heavy (non-hydrogen) atoms. The molecule has 1 aliphatic rings. The van der Waals surface area contributed by atoms with E-state index in [4.69, 9.17) is 14.9 Å². The Morgan fingerprint density at radius 2 is 1.88 bits per heavy atom. The minimum absolute atomic E-state index is 0.158. The first-order chi connectivity index (χ1) is 7.21. The highest BCUT2D eigenvalue weighted by Crippen LogP contribution is 2.29. The Hall–Kier alpha value is 0.0969. The van der Waals surface area contributed by atoms with Gasteiger partial charge in [0.25, 0.3) is 0 Å². The van der Waals surface area contributed by atoms with E-state index in [1.54, 1.807) is 0 Å². The van der Waals surface area contributed by atoms with Gasteiger partial charge in [-0.1, -0.05) is 20.8 Å². The number of hydrogen-bond acceptors (Lipinski definition) is 3. The average molecular weight is 245 g/mol. The van der Waals surface area contributed by atoms with Crippen LogP contribution in [0.3, 0.4) is 0 Å². The molecule has 0 saturated carbocycles. The van der Waals surface area contributed by atoms with Crippen molar-refractivity contribution in [1.82, 2.24) is 0 Å². The van der Waals surface area contributed by atoms with Gasteiger partial charge in [0.05, 0.1) is 11.7 Å². The Morgan fingerprint density at radius 3 is 2.38 bits per heavy atom. The van der Waals surface area contributed by atoms with E-state index in [2.05, 4.69) is 34.6 Å². The fraction of sp³-hybridized carbons (Fsp3) is 1.00. The van der Waals surface area contributed by atoms with Crippen LogP contribution in [0.15, 0.2) is 0 Å². The molecule has 0 aromatic carbocycles. The lowest BCUT2D eigenvalue weighted by Crippen LogP contribution is -2.49. The molecule has 2 N–H and O–H groups in total. The van der Waals surface area contributed by atoms with E-state index >= 15 is 0 Å². The van der Waals surface area contributed by atoms with E-state index in [0.717, 1.165) is 19.4 Å². The van der Waals surface area contributed by atoms with Gasteiger partial charge in [0.1, 0.15) is 0 Å². The van der Waals surface area contributed by atoms with Gasteiger partial charge in [-0.2, -0.15) is 0 Å². The molecule has 1 aliphatic heterocycles. The van der Waals surface area contributed by atoms with Crippen LogP contribution in [0.5, 0.6) is 0 Å². The number of ether oxygens (including phenoxy) is 1. The van der Waals surface area contributed by atoms with Gasteiger partial charge in [-0.3, -0.25) is 0 Å². The first-order valence-corrected chi connectivity index (χ1v) is 7.50. The van der Waals surface area contributed by atoms with Crippen molar-refractivity contribution in [3.05, 3.63) is 0 Å². The second-order valence-corrected chi connectivity index (χ2v) is 9.30. The zero-order valence-electron chi connectivity index (χ0n) is 11.4. The fourth-order valence-corrected chi connectivity index (χ4v) is 2.79. The van der Waals surface area contributed by atoms with Gasteiger partial charge in [0.2, 0.25) is 0 Å². The lowest BCUT2D eigenvalue weighted by molar-refractivity contribution is -0.0992. The van der Waals surface area contributed by atoms with Gasteiger partial charge >= 0.3 is 0 Å². The van der Waals surface area contributed by atoms with E-state index in [0.29, 0.717) is 5.04 Å². The fourth-order valence-electron chi connectivity index (χ4n) is 1.80. The molecule has 0 bridgehead atoms. The molecule has 1 saturated heterocycles. The molecular weight excluding hydrogens is 218 g/mol. The Bertz CT molecular complexity index is 226. The maximum absolute atomic E-state index is 6.14. The van der Waals surface area contributed by atoms with Crippen LogP contribution < -0.4 is 5.73 Å². The molecule has 1 fully saturated rings. The van der Waals surface area contributed by atoms with Crippen LogP contribution >= 0.6 is 0 Å². The third-order valence-electron chi connectivity index (χ3n) is 2.98. The Labute approximate surface area is 102 Å². The zero-order valence-corrected chi connectivity index (χ0v) is 12.8. The van der Waals surface area contributed by atoms with E-state index in [9.17, 15) is 0 Å². The lowest BCUT2D eigenvalue weighted by atomic mass is 9.92. The van der Waals surface area contributed by atoms with Gasteiger partial charge in [0.15, 0.2) is 9.76 Å². The topological polar surface area (TPSA) is 44.5 Å². The Kier molecular flexibility index (Phi) is 4.57. The molecule has 4 heteroatoms. The molecule has 0 aliphatic carbocycles. The molecule has 0 unspecified atom stereocenters. The number of rotatable bonds is 3. The maximum Gasteiger partial charge on any atom is 0.167 e. The van der Waals surface area contributed by atoms with Gasteiger partial charge in [-0.15, -0.1) is 0 Å². The third kappa shape index (κ3) is 4.53. The summed E-state index contributed by atoms with van der Waals surface area (Å²) in [6.07, 6.45) is 2.06. The molecule has 3 nitrogen and oxygen atoms in total. The van der Waals surface area contributed by atoms with Crippen molar-refractivity contribution in [3.63, 3.8) is 0 Å². The predicted molar refractivity (Wildman–Crippen MR) is 70.4 cm³/mol. The largest absolute Gasteiger partial charge is 0.416 e. The summed E-state index contributed by atoms with van der Waals surface area (Å²) >= 11 is 0. The zero-order chi connectivity index (χ0) is 12.4. The van der Waals surface area contributed by atoms with Crippen molar-refractivity contribution in [2.75, 3.05) is 6.61 Å². The molecular formula is C12H27NO2Si. The van der Waals surface area contributed by atoms with Crippen molar-refractivity contribution in [3.8, 4) is 0 Å². The van der Waals surface area contributed by atoms with Crippen molar-refractivity contribution in [2.45, 2.75) is 70.2 Å². The first kappa shape index (κ1) is 14.2. The summed E-state index contributed by atoms with van der Waals surface area (Å²) in [5, 5.41) is 0.327. The Morgan fingerprint density at radius 1 is 1.25 bits per heavy atom. The van der Waals surface area contributed by atoms with Crippen molar-refractivity contribution >= 4 is 9.76 Å². The smallest absolute Gasteiger partial charge is 0.167 e. The lowest BCUT2D eigenvalue weighted by Gasteiger charge is -2.40. The highest BCUT2D eigenvalue weighted by Gasteiger charge is 2.35. The monoisotopic (exact) mass is 245 g/mol. The first-order valence-electron chi connectivity index (χ1n) is 6.22. The van der Waals surface area contributed by atoms with E-state index < -0.39 is 9.76 Å². The molecule has 2 atom stereocenters. The molecule has 0 spiro atoms. The number of hydrogen-bond donors (Lipinski definition) is 1. The van der Waals surface area contributed by atoms with Crippen molar-refractivity contribution < 1.29 is 9.16 Å². The predicted octanol–water partition coefficient (Wildman–Crippen LogP) is 1.59. The minimum atomic E-state index is -0.537. The highest BCUT2D eigenvalue weighted by atomic mass is 28.2. The summed E-state index contributed by atoms with van der Waals surface area (Å²) in [6.45, 7) is 11.8. The molecule has 1 rings (SSSR count). The van der Waals surface area contributed by atoms with E-state index in [1.165, 1.54) is 0 Å². The molecule has 0 aromatic rings. The number of nitrogens with two attached hydrogens (primary N) is 1. The normalized spacial score (nSPS) is 28.9. The van der Waals surface area contributed by atoms with E-state index in [-0.39, 0.29) is 17.7 Å². The van der Waals surface area contributed by atoms with Crippen LogP contribution in [0.4, 0.5) is 0 Å². The highest BCUT2D eigenvalue weighted by molar-refractivity contribution is 6.31. The van der Waals surface area contributed by atoms with Crippen LogP contribution in [0, 0.1) is 0 Å². The van der Waals surface area contributed by atoms with Crippen molar-refractivity contribution in [1.29, 1.82) is 0 Å². The SMILES string of the molecule is CC(C)(C)[SiH2]OC(C)(C)[C@@H]1C[C@H](N)CCO1. The van der Waals surface area contributed by atoms with Crippen LogP contribution in [-0.2, 0) is 9.16 Å². The molecule has 0 radical (unpaired) electrons. The van der Waals surface area contributed by atoms with Gasteiger partial charge in [-0.05, 0) is 31.7 Å². The summed E-state index contributed by atoms with van der Waals surface area (Å²) in [7, 11) is -0.537. The molecule has 96 valence electrons. The van der Waals surface area contributed by atoms with E-state index in [1.807, 2.05) is 0 Å².